The summed E-state index contributed by atoms with van der Waals surface area (Å²) in [6.07, 6.45) is 2.15. The van der Waals surface area contributed by atoms with Gasteiger partial charge in [-0.2, -0.15) is 11.8 Å². The number of amides is 1. The zero-order valence-corrected chi connectivity index (χ0v) is 11.0. The second kappa shape index (κ2) is 8.86. The number of nitrogens with zero attached hydrogens (tertiary/aromatic N) is 1. The van der Waals surface area contributed by atoms with Gasteiger partial charge in [-0.1, -0.05) is 0 Å². The third kappa shape index (κ3) is 6.83. The first-order chi connectivity index (χ1) is 8.04. The molecule has 0 atom stereocenters. The Kier molecular flexibility index (Phi) is 8.21. The van der Waals surface area contributed by atoms with Gasteiger partial charge in [0.2, 0.25) is 5.91 Å². The summed E-state index contributed by atoms with van der Waals surface area (Å²) in [7, 11) is 2.45. The van der Waals surface area contributed by atoms with Crippen molar-refractivity contribution in [3.63, 3.8) is 0 Å². The Hall–Kier alpha value is -1.24. The Bertz CT molecular complexity index is 264. The summed E-state index contributed by atoms with van der Waals surface area (Å²) >= 11 is 1.52. The average molecular weight is 263 g/mol. The van der Waals surface area contributed by atoms with E-state index in [4.69, 9.17) is 0 Å². The van der Waals surface area contributed by atoms with E-state index >= 15 is 0 Å². The molecule has 0 aromatic carbocycles. The molecule has 6 nitrogen and oxygen atoms in total. The average Bonchev–Trinajstić information content (AvgIpc) is 2.34. The lowest BCUT2D eigenvalue weighted by atomic mass is 10.3. The maximum Gasteiger partial charge on any atom is 0.325 e. The van der Waals surface area contributed by atoms with Gasteiger partial charge in [0.05, 0.1) is 14.2 Å². The molecule has 0 aliphatic heterocycles. The summed E-state index contributed by atoms with van der Waals surface area (Å²) in [6, 6.07) is 0. The molecule has 0 aliphatic rings. The van der Waals surface area contributed by atoms with Gasteiger partial charge < -0.3 is 14.4 Å². The minimum absolute atomic E-state index is 0.237. The van der Waals surface area contributed by atoms with Gasteiger partial charge in [0.25, 0.3) is 0 Å². The lowest BCUT2D eigenvalue weighted by Gasteiger charge is -2.19. The number of rotatable bonds is 7. The zero-order valence-electron chi connectivity index (χ0n) is 10.2. The topological polar surface area (TPSA) is 72.9 Å². The predicted octanol–water partition coefficient (Wildman–Crippen LogP) is -0.0859. The molecule has 98 valence electrons. The highest BCUT2D eigenvalue weighted by Crippen LogP contribution is 2.01. The highest BCUT2D eigenvalue weighted by atomic mass is 32.2. The standard InChI is InChI=1S/C10H17NO5S/c1-15-9(13)6-11(7-10(14)16-2)8(12)4-5-17-3/h4-7H2,1-3H3. The number of hydrogen-bond donors (Lipinski definition) is 0. The van der Waals surface area contributed by atoms with Crippen LogP contribution >= 0.6 is 11.8 Å². The highest BCUT2D eigenvalue weighted by Gasteiger charge is 2.20. The molecule has 0 saturated heterocycles. The minimum atomic E-state index is -0.564. The van der Waals surface area contributed by atoms with Crippen LogP contribution in [0.5, 0.6) is 0 Å². The van der Waals surface area contributed by atoms with E-state index in [1.807, 2.05) is 6.26 Å². The number of carbonyl (C=O) groups is 3. The van der Waals surface area contributed by atoms with Crippen molar-refractivity contribution in [1.29, 1.82) is 0 Å². The number of hydrogen-bond acceptors (Lipinski definition) is 6. The van der Waals surface area contributed by atoms with Crippen LogP contribution in [0.15, 0.2) is 0 Å². The monoisotopic (exact) mass is 263 g/mol. The third-order valence-electron chi connectivity index (χ3n) is 1.97. The molecule has 17 heavy (non-hydrogen) atoms. The molecule has 0 aliphatic carbocycles. The normalized spacial score (nSPS) is 9.59. The first kappa shape index (κ1) is 15.8. The minimum Gasteiger partial charge on any atom is -0.468 e. The van der Waals surface area contributed by atoms with E-state index < -0.39 is 11.9 Å². The van der Waals surface area contributed by atoms with Crippen LogP contribution in [-0.2, 0) is 23.9 Å². The van der Waals surface area contributed by atoms with Crippen LogP contribution in [-0.4, -0.2) is 62.1 Å². The van der Waals surface area contributed by atoms with Crippen molar-refractivity contribution in [1.82, 2.24) is 4.90 Å². The summed E-state index contributed by atoms with van der Waals surface area (Å²) in [5, 5.41) is 0. The third-order valence-corrected chi connectivity index (χ3v) is 2.58. The molecule has 0 N–H and O–H groups in total. The largest absolute Gasteiger partial charge is 0.468 e. The van der Waals surface area contributed by atoms with Gasteiger partial charge in [-0.25, -0.2) is 0 Å². The number of methoxy groups -OCH3 is 2. The van der Waals surface area contributed by atoms with E-state index in [0.29, 0.717) is 5.75 Å². The Morgan fingerprint density at radius 3 is 1.88 bits per heavy atom. The molecule has 0 spiro atoms. The summed E-state index contributed by atoms with van der Waals surface area (Å²) in [6.45, 7) is -0.475. The number of esters is 2. The summed E-state index contributed by atoms with van der Waals surface area (Å²) < 4.78 is 8.92. The van der Waals surface area contributed by atoms with Crippen LogP contribution in [0.4, 0.5) is 0 Å². The zero-order chi connectivity index (χ0) is 13.3. The van der Waals surface area contributed by atoms with Crippen LogP contribution in [0.2, 0.25) is 0 Å². The number of carbonyl (C=O) groups excluding carboxylic acids is 3. The molecular formula is C10H17NO5S. The van der Waals surface area contributed by atoms with Crippen LogP contribution in [0.3, 0.4) is 0 Å². The van der Waals surface area contributed by atoms with E-state index in [1.165, 1.54) is 26.0 Å². The molecule has 0 radical (unpaired) electrons. The predicted molar refractivity (Wildman–Crippen MR) is 63.6 cm³/mol. The second-order valence-electron chi connectivity index (χ2n) is 3.14. The maximum absolute atomic E-state index is 11.7. The summed E-state index contributed by atoms with van der Waals surface area (Å²) in [5.74, 6) is -0.759. The molecule has 1 amide bonds. The van der Waals surface area contributed by atoms with Crippen LogP contribution in [0, 0.1) is 0 Å². The van der Waals surface area contributed by atoms with Gasteiger partial charge in [-0.15, -0.1) is 0 Å². The van der Waals surface area contributed by atoms with Gasteiger partial charge in [-0.05, 0) is 6.26 Å². The first-order valence-electron chi connectivity index (χ1n) is 4.95. The van der Waals surface area contributed by atoms with Crippen LogP contribution in [0.25, 0.3) is 0 Å². The van der Waals surface area contributed by atoms with Gasteiger partial charge in [-0.3, -0.25) is 14.4 Å². The fourth-order valence-corrected chi connectivity index (χ4v) is 1.40. The molecule has 0 aromatic rings. The molecule has 0 rings (SSSR count). The van der Waals surface area contributed by atoms with Crippen molar-refractivity contribution in [3.8, 4) is 0 Å². The Labute approximate surface area is 105 Å². The maximum atomic E-state index is 11.7. The van der Waals surface area contributed by atoms with Crippen molar-refractivity contribution in [2.24, 2.45) is 0 Å². The smallest absolute Gasteiger partial charge is 0.325 e. The van der Waals surface area contributed by atoms with Crippen molar-refractivity contribution in [2.45, 2.75) is 6.42 Å². The number of thioether (sulfide) groups is 1. The molecule has 0 saturated carbocycles. The summed E-state index contributed by atoms with van der Waals surface area (Å²) in [4.78, 5) is 35.0. The van der Waals surface area contributed by atoms with Crippen LogP contribution in [0.1, 0.15) is 6.42 Å². The SMILES string of the molecule is COC(=O)CN(CC(=O)OC)C(=O)CCSC. The molecule has 0 heterocycles. The van der Waals surface area contributed by atoms with E-state index in [2.05, 4.69) is 9.47 Å². The van der Waals surface area contributed by atoms with Gasteiger partial charge in [0, 0.05) is 12.2 Å². The van der Waals surface area contributed by atoms with Crippen molar-refractivity contribution in [2.75, 3.05) is 39.3 Å². The quantitative estimate of drug-likeness (QED) is 0.598. The van der Waals surface area contributed by atoms with E-state index in [1.54, 1.807) is 0 Å². The first-order valence-corrected chi connectivity index (χ1v) is 6.34. The Morgan fingerprint density at radius 2 is 1.53 bits per heavy atom. The Morgan fingerprint density at radius 1 is 1.06 bits per heavy atom. The Balaban J connectivity index is 4.42. The van der Waals surface area contributed by atoms with Gasteiger partial charge in [0.1, 0.15) is 13.1 Å². The fourth-order valence-electron chi connectivity index (χ4n) is 1.02. The molecule has 0 fully saturated rings. The summed E-state index contributed by atoms with van der Waals surface area (Å²) in [5.41, 5.74) is 0. The van der Waals surface area contributed by atoms with E-state index in [9.17, 15) is 14.4 Å². The van der Waals surface area contributed by atoms with Gasteiger partial charge >= 0.3 is 11.9 Å². The second-order valence-corrected chi connectivity index (χ2v) is 4.13. The molecule has 0 unspecified atom stereocenters. The highest BCUT2D eigenvalue weighted by molar-refractivity contribution is 7.98. The number of ether oxygens (including phenoxy) is 2. The fraction of sp³-hybridized carbons (Fsp3) is 0.700. The van der Waals surface area contributed by atoms with E-state index in [-0.39, 0.29) is 25.4 Å². The molecule has 0 aromatic heterocycles. The molecular weight excluding hydrogens is 246 g/mol. The van der Waals surface area contributed by atoms with Crippen LogP contribution < -0.4 is 0 Å². The van der Waals surface area contributed by atoms with Crippen molar-refractivity contribution >= 4 is 29.6 Å². The molecule has 7 heteroatoms. The van der Waals surface area contributed by atoms with Crippen molar-refractivity contribution in [3.05, 3.63) is 0 Å². The van der Waals surface area contributed by atoms with Crippen molar-refractivity contribution < 1.29 is 23.9 Å². The van der Waals surface area contributed by atoms with E-state index in [0.717, 1.165) is 4.90 Å². The lowest BCUT2D eigenvalue weighted by molar-refractivity contribution is -0.151. The molecule has 0 bridgehead atoms. The lowest BCUT2D eigenvalue weighted by Crippen LogP contribution is -2.40. The van der Waals surface area contributed by atoms with Gasteiger partial charge in [0.15, 0.2) is 0 Å².